The minimum atomic E-state index is -0.420. The highest BCUT2D eigenvalue weighted by molar-refractivity contribution is 6.60. The summed E-state index contributed by atoms with van der Waals surface area (Å²) in [7, 11) is -0.420. The van der Waals surface area contributed by atoms with Crippen LogP contribution in [0.2, 0.25) is 0 Å². The molecule has 0 amide bonds. The normalized spacial score (nSPS) is 45.9. The Balaban J connectivity index is 1.78. The first-order chi connectivity index (χ1) is 8.38. The molecule has 3 saturated carbocycles. The van der Waals surface area contributed by atoms with Crippen molar-refractivity contribution in [1.82, 2.24) is 0 Å². The van der Waals surface area contributed by atoms with Crippen LogP contribution in [-0.2, 0) is 9.31 Å². The van der Waals surface area contributed by atoms with Gasteiger partial charge in [-0.2, -0.15) is 5.26 Å². The zero-order chi connectivity index (χ0) is 13.1. The van der Waals surface area contributed by atoms with Crippen molar-refractivity contribution in [2.45, 2.75) is 57.0 Å². The number of hydrogen-bond acceptors (Lipinski definition) is 3. The molecule has 5 heteroatoms. The Morgan fingerprint density at radius 2 is 2.22 bits per heavy atom. The molecule has 2 bridgehead atoms. The van der Waals surface area contributed by atoms with Crippen molar-refractivity contribution < 1.29 is 9.31 Å². The van der Waals surface area contributed by atoms with Gasteiger partial charge in [-0.25, -0.2) is 0 Å². The SMILES string of the molecule is CC1(C)[C@@H]2C[C@H]1C1OB([C@@H](Cl)CC#N)O[C@@]1(C)C2. The molecule has 18 heavy (non-hydrogen) atoms. The fourth-order valence-corrected chi connectivity index (χ4v) is 4.26. The predicted octanol–water partition coefficient (Wildman–Crippen LogP) is 2.77. The van der Waals surface area contributed by atoms with Gasteiger partial charge in [-0.15, -0.1) is 11.6 Å². The van der Waals surface area contributed by atoms with E-state index in [0.29, 0.717) is 11.3 Å². The van der Waals surface area contributed by atoms with Gasteiger partial charge in [0.05, 0.1) is 23.1 Å². The van der Waals surface area contributed by atoms with E-state index in [-0.39, 0.29) is 23.4 Å². The molecule has 0 spiro atoms. The first-order valence-corrected chi connectivity index (χ1v) is 7.16. The van der Waals surface area contributed by atoms with E-state index in [1.807, 2.05) is 0 Å². The number of hydrogen-bond donors (Lipinski definition) is 0. The number of rotatable bonds is 2. The third kappa shape index (κ3) is 1.57. The van der Waals surface area contributed by atoms with Gasteiger partial charge in [0.2, 0.25) is 0 Å². The molecule has 1 heterocycles. The Hall–Kier alpha value is -0.235. The van der Waals surface area contributed by atoms with E-state index >= 15 is 0 Å². The smallest absolute Gasteiger partial charge is 0.404 e. The largest absolute Gasteiger partial charge is 0.477 e. The van der Waals surface area contributed by atoms with E-state index in [4.69, 9.17) is 26.2 Å². The average Bonchev–Trinajstić information content (AvgIpc) is 2.66. The molecule has 4 fully saturated rings. The van der Waals surface area contributed by atoms with Crippen molar-refractivity contribution in [3.05, 3.63) is 0 Å². The van der Waals surface area contributed by atoms with E-state index in [1.165, 1.54) is 6.42 Å². The van der Waals surface area contributed by atoms with E-state index in [1.54, 1.807) is 0 Å². The van der Waals surface area contributed by atoms with Gasteiger partial charge in [0.25, 0.3) is 0 Å². The van der Waals surface area contributed by atoms with Crippen LogP contribution in [0.3, 0.4) is 0 Å². The predicted molar refractivity (Wildman–Crippen MR) is 70.0 cm³/mol. The van der Waals surface area contributed by atoms with Crippen molar-refractivity contribution in [2.24, 2.45) is 17.3 Å². The first kappa shape index (κ1) is 12.8. The zero-order valence-corrected chi connectivity index (χ0v) is 11.9. The van der Waals surface area contributed by atoms with Gasteiger partial charge in [-0.05, 0) is 37.0 Å². The molecular weight excluding hydrogens is 248 g/mol. The fourth-order valence-electron chi connectivity index (χ4n) is 4.08. The van der Waals surface area contributed by atoms with Gasteiger partial charge in [-0.3, -0.25) is 0 Å². The lowest BCUT2D eigenvalue weighted by molar-refractivity contribution is -0.185. The van der Waals surface area contributed by atoms with Crippen LogP contribution in [0.15, 0.2) is 0 Å². The molecule has 98 valence electrons. The summed E-state index contributed by atoms with van der Waals surface area (Å²) in [6.45, 7) is 6.80. The summed E-state index contributed by atoms with van der Waals surface area (Å²) in [5.41, 5.74) is 0.163. The second-order valence-electron chi connectivity index (χ2n) is 6.80. The lowest BCUT2D eigenvalue weighted by Gasteiger charge is -2.63. The zero-order valence-electron chi connectivity index (χ0n) is 11.1. The molecule has 3 nitrogen and oxygen atoms in total. The van der Waals surface area contributed by atoms with Crippen molar-refractivity contribution in [2.75, 3.05) is 0 Å². The summed E-state index contributed by atoms with van der Waals surface area (Å²) in [6, 6.07) is 2.08. The molecule has 0 aromatic rings. The Bertz CT molecular complexity index is 410. The molecule has 1 unspecified atom stereocenters. The molecule has 1 saturated heterocycles. The summed E-state index contributed by atoms with van der Waals surface area (Å²) < 4.78 is 12.1. The Morgan fingerprint density at radius 3 is 2.83 bits per heavy atom. The highest BCUT2D eigenvalue weighted by Crippen LogP contribution is 2.64. The summed E-state index contributed by atoms with van der Waals surface area (Å²) in [5.74, 6) is 1.30. The Morgan fingerprint density at radius 1 is 1.50 bits per heavy atom. The van der Waals surface area contributed by atoms with Crippen molar-refractivity contribution in [1.29, 1.82) is 5.26 Å². The van der Waals surface area contributed by atoms with Crippen LogP contribution < -0.4 is 0 Å². The van der Waals surface area contributed by atoms with Crippen LogP contribution in [0, 0.1) is 28.6 Å². The van der Waals surface area contributed by atoms with Crippen LogP contribution in [0.4, 0.5) is 0 Å². The van der Waals surface area contributed by atoms with E-state index in [9.17, 15) is 0 Å². The minimum absolute atomic E-state index is 0.141. The van der Waals surface area contributed by atoms with Crippen molar-refractivity contribution in [3.8, 4) is 6.07 Å². The quantitative estimate of drug-likeness (QED) is 0.571. The maximum Gasteiger partial charge on any atom is 0.477 e. The van der Waals surface area contributed by atoms with Gasteiger partial charge in [0, 0.05) is 6.42 Å². The maximum atomic E-state index is 8.72. The third-order valence-electron chi connectivity index (χ3n) is 5.41. The molecule has 0 aromatic carbocycles. The molecule has 0 aromatic heterocycles. The van der Waals surface area contributed by atoms with Gasteiger partial charge < -0.3 is 9.31 Å². The Labute approximate surface area is 114 Å². The van der Waals surface area contributed by atoms with Gasteiger partial charge >= 0.3 is 7.12 Å². The van der Waals surface area contributed by atoms with E-state index in [2.05, 4.69) is 26.8 Å². The number of halogens is 1. The standard InChI is InChI=1S/C13H19BClNO2/c1-12(2)8-6-9(12)11-13(3,7-8)18-14(17-11)10(15)4-5-16/h8-11H,4,6-7H2,1-3H3/t8-,9+,10+,11?,13+/m1/s1. The lowest BCUT2D eigenvalue weighted by atomic mass is 9.45. The average molecular weight is 268 g/mol. The summed E-state index contributed by atoms with van der Waals surface area (Å²) in [4.78, 5) is 0. The van der Waals surface area contributed by atoms with Crippen LogP contribution in [-0.4, -0.2) is 24.1 Å². The van der Waals surface area contributed by atoms with Crippen molar-refractivity contribution >= 4 is 18.7 Å². The molecular formula is C13H19BClNO2. The summed E-state index contributed by atoms with van der Waals surface area (Å²) >= 11 is 6.17. The maximum absolute atomic E-state index is 8.72. The lowest BCUT2D eigenvalue weighted by Crippen LogP contribution is -2.63. The van der Waals surface area contributed by atoms with Gasteiger partial charge in [0.1, 0.15) is 0 Å². The number of alkyl halides is 1. The number of nitrogens with zero attached hydrogens (tertiary/aromatic N) is 1. The van der Waals surface area contributed by atoms with Gasteiger partial charge in [-0.1, -0.05) is 13.8 Å². The highest BCUT2D eigenvalue weighted by Gasteiger charge is 2.67. The van der Waals surface area contributed by atoms with Crippen LogP contribution in [0.5, 0.6) is 0 Å². The van der Waals surface area contributed by atoms with E-state index < -0.39 is 7.12 Å². The molecule has 0 N–H and O–H groups in total. The van der Waals surface area contributed by atoms with Gasteiger partial charge in [0.15, 0.2) is 0 Å². The first-order valence-electron chi connectivity index (χ1n) is 6.73. The molecule has 4 rings (SSSR count). The van der Waals surface area contributed by atoms with Crippen LogP contribution in [0.25, 0.3) is 0 Å². The van der Waals surface area contributed by atoms with Crippen LogP contribution >= 0.6 is 11.6 Å². The molecule has 5 atom stereocenters. The topological polar surface area (TPSA) is 42.2 Å². The minimum Gasteiger partial charge on any atom is -0.404 e. The summed E-state index contributed by atoms with van der Waals surface area (Å²) in [5, 5.41) is 8.35. The molecule has 3 aliphatic carbocycles. The van der Waals surface area contributed by atoms with Crippen LogP contribution in [0.1, 0.15) is 40.0 Å². The third-order valence-corrected chi connectivity index (χ3v) is 5.77. The molecule has 1 aliphatic heterocycles. The second-order valence-corrected chi connectivity index (χ2v) is 7.36. The highest BCUT2D eigenvalue weighted by atomic mass is 35.5. The monoisotopic (exact) mass is 267 g/mol. The van der Waals surface area contributed by atoms with E-state index in [0.717, 1.165) is 12.3 Å². The second kappa shape index (κ2) is 3.88. The molecule has 4 aliphatic rings. The summed E-state index contributed by atoms with van der Waals surface area (Å²) in [6.07, 6.45) is 2.71. The molecule has 0 radical (unpaired) electrons. The fraction of sp³-hybridized carbons (Fsp3) is 0.923. The number of nitriles is 1. The van der Waals surface area contributed by atoms with Crippen molar-refractivity contribution in [3.63, 3.8) is 0 Å². The Kier molecular flexibility index (Phi) is 2.76.